The number of hydrogen-bond acceptors (Lipinski definition) is 4. The smallest absolute Gasteiger partial charge is 0.272 e. The summed E-state index contributed by atoms with van der Waals surface area (Å²) in [5, 5.41) is 10.5. The quantitative estimate of drug-likeness (QED) is 0.881. The Hall–Kier alpha value is -2.23. The number of pyridine rings is 1. The van der Waals surface area contributed by atoms with Crippen molar-refractivity contribution in [3.8, 4) is 11.8 Å². The lowest BCUT2D eigenvalue weighted by Crippen LogP contribution is -2.26. The van der Waals surface area contributed by atoms with E-state index in [2.05, 4.69) is 16.8 Å². The van der Waals surface area contributed by atoms with E-state index in [4.69, 9.17) is 5.11 Å². The molecule has 2 heterocycles. The van der Waals surface area contributed by atoms with Gasteiger partial charge in [0.25, 0.3) is 5.91 Å². The standard InChI is InChI=1S/C15H13FN2O2S/c1-18(15(20)14-5-4-12(16)8-17-14)9-13-7-11(10-21-13)3-2-6-19/h4-5,7-8,10,19H,6,9H2,1H3. The first-order valence-corrected chi connectivity index (χ1v) is 7.02. The van der Waals surface area contributed by atoms with Crippen LogP contribution in [0.2, 0.25) is 0 Å². The average molecular weight is 304 g/mol. The minimum Gasteiger partial charge on any atom is -0.384 e. The van der Waals surface area contributed by atoms with Crippen LogP contribution in [-0.4, -0.2) is 34.6 Å². The molecule has 21 heavy (non-hydrogen) atoms. The fraction of sp³-hybridized carbons (Fsp3) is 0.200. The first kappa shape index (κ1) is 15.2. The van der Waals surface area contributed by atoms with Crippen LogP contribution in [0.15, 0.2) is 29.8 Å². The molecule has 0 aliphatic carbocycles. The Morgan fingerprint density at radius 2 is 2.33 bits per heavy atom. The molecule has 0 aliphatic heterocycles. The summed E-state index contributed by atoms with van der Waals surface area (Å²) in [5.41, 5.74) is 1.01. The van der Waals surface area contributed by atoms with Gasteiger partial charge < -0.3 is 10.0 Å². The fourth-order valence-corrected chi connectivity index (χ4v) is 2.54. The lowest BCUT2D eigenvalue weighted by atomic mass is 10.3. The topological polar surface area (TPSA) is 53.4 Å². The highest BCUT2D eigenvalue weighted by Gasteiger charge is 2.14. The molecular weight excluding hydrogens is 291 g/mol. The van der Waals surface area contributed by atoms with Crippen LogP contribution in [0.1, 0.15) is 20.9 Å². The molecule has 1 N–H and O–H groups in total. The van der Waals surface area contributed by atoms with E-state index in [1.54, 1.807) is 7.05 Å². The maximum absolute atomic E-state index is 12.8. The molecule has 0 unspecified atom stereocenters. The molecule has 0 fully saturated rings. The first-order valence-electron chi connectivity index (χ1n) is 6.14. The average Bonchev–Trinajstić information content (AvgIpc) is 2.92. The predicted molar refractivity (Wildman–Crippen MR) is 78.3 cm³/mol. The number of amides is 1. The molecule has 2 rings (SSSR count). The molecule has 2 aromatic rings. The van der Waals surface area contributed by atoms with Crippen molar-refractivity contribution in [1.82, 2.24) is 9.88 Å². The van der Waals surface area contributed by atoms with Gasteiger partial charge in [-0.2, -0.15) is 0 Å². The van der Waals surface area contributed by atoms with Gasteiger partial charge >= 0.3 is 0 Å². The molecule has 0 saturated heterocycles. The zero-order valence-electron chi connectivity index (χ0n) is 11.3. The second-order valence-corrected chi connectivity index (χ2v) is 5.28. The maximum atomic E-state index is 12.8. The van der Waals surface area contributed by atoms with Gasteiger partial charge in [-0.05, 0) is 18.2 Å². The summed E-state index contributed by atoms with van der Waals surface area (Å²) in [6.45, 7) is 0.239. The Labute approximate surface area is 125 Å². The van der Waals surface area contributed by atoms with Crippen LogP contribution < -0.4 is 0 Å². The minimum atomic E-state index is -0.473. The number of halogens is 1. The Balaban J connectivity index is 2.03. The van der Waals surface area contributed by atoms with Crippen molar-refractivity contribution >= 4 is 17.2 Å². The highest BCUT2D eigenvalue weighted by atomic mass is 32.1. The Morgan fingerprint density at radius 1 is 1.52 bits per heavy atom. The van der Waals surface area contributed by atoms with E-state index in [0.29, 0.717) is 6.54 Å². The van der Waals surface area contributed by atoms with Gasteiger partial charge in [0.05, 0.1) is 12.7 Å². The normalized spacial score (nSPS) is 9.86. The molecule has 0 aromatic carbocycles. The maximum Gasteiger partial charge on any atom is 0.272 e. The van der Waals surface area contributed by atoms with E-state index in [0.717, 1.165) is 16.6 Å². The number of hydrogen-bond donors (Lipinski definition) is 1. The lowest BCUT2D eigenvalue weighted by Gasteiger charge is -2.15. The summed E-state index contributed by atoms with van der Waals surface area (Å²) in [7, 11) is 1.66. The van der Waals surface area contributed by atoms with Crippen molar-refractivity contribution < 1.29 is 14.3 Å². The van der Waals surface area contributed by atoms with Gasteiger partial charge in [0.1, 0.15) is 18.1 Å². The van der Waals surface area contributed by atoms with Crippen LogP contribution >= 0.6 is 11.3 Å². The Kier molecular flexibility index (Phi) is 5.04. The summed E-state index contributed by atoms with van der Waals surface area (Å²) in [4.78, 5) is 18.4. The van der Waals surface area contributed by atoms with Gasteiger partial charge in [-0.15, -0.1) is 11.3 Å². The van der Waals surface area contributed by atoms with Gasteiger partial charge in [0.2, 0.25) is 0 Å². The molecule has 6 heteroatoms. The molecule has 0 atom stereocenters. The third-order valence-electron chi connectivity index (χ3n) is 2.65. The van der Waals surface area contributed by atoms with Gasteiger partial charge in [-0.3, -0.25) is 4.79 Å². The summed E-state index contributed by atoms with van der Waals surface area (Å²) in [6.07, 6.45) is 1.02. The molecular formula is C15H13FN2O2S. The molecule has 0 radical (unpaired) electrons. The molecule has 4 nitrogen and oxygen atoms in total. The van der Waals surface area contributed by atoms with E-state index in [1.165, 1.54) is 28.4 Å². The molecule has 1 amide bonds. The Morgan fingerprint density at radius 3 is 3.00 bits per heavy atom. The number of rotatable bonds is 3. The monoisotopic (exact) mass is 304 g/mol. The van der Waals surface area contributed by atoms with Crippen molar-refractivity contribution in [2.24, 2.45) is 0 Å². The Bertz CT molecular complexity index is 686. The number of aliphatic hydroxyl groups is 1. The van der Waals surface area contributed by atoms with Crippen molar-refractivity contribution in [3.05, 3.63) is 51.7 Å². The van der Waals surface area contributed by atoms with Gasteiger partial charge in [0, 0.05) is 22.9 Å². The third kappa shape index (κ3) is 4.12. The van der Waals surface area contributed by atoms with Crippen LogP contribution in [-0.2, 0) is 6.54 Å². The summed E-state index contributed by atoms with van der Waals surface area (Å²) in [6, 6.07) is 4.44. The van der Waals surface area contributed by atoms with E-state index in [-0.39, 0.29) is 18.2 Å². The van der Waals surface area contributed by atoms with Crippen LogP contribution in [0, 0.1) is 17.7 Å². The number of carbonyl (C=O) groups excluding carboxylic acids is 1. The largest absolute Gasteiger partial charge is 0.384 e. The molecule has 0 spiro atoms. The van der Waals surface area contributed by atoms with Crippen LogP contribution in [0.5, 0.6) is 0 Å². The van der Waals surface area contributed by atoms with Crippen LogP contribution in [0.4, 0.5) is 4.39 Å². The molecule has 0 aliphatic rings. The number of aromatic nitrogens is 1. The van der Waals surface area contributed by atoms with Crippen LogP contribution in [0.25, 0.3) is 0 Å². The van der Waals surface area contributed by atoms with Crippen LogP contribution in [0.3, 0.4) is 0 Å². The van der Waals surface area contributed by atoms with E-state index < -0.39 is 5.82 Å². The van der Waals surface area contributed by atoms with Crippen molar-refractivity contribution in [3.63, 3.8) is 0 Å². The van der Waals surface area contributed by atoms with Gasteiger partial charge in [-0.25, -0.2) is 9.37 Å². The SMILES string of the molecule is CN(Cc1cc(C#CCO)cs1)C(=O)c1ccc(F)cn1. The minimum absolute atomic E-state index is 0.181. The number of nitrogens with zero attached hydrogens (tertiary/aromatic N) is 2. The second kappa shape index (κ2) is 6.97. The number of aliphatic hydroxyl groups excluding tert-OH is 1. The summed E-state index contributed by atoms with van der Waals surface area (Å²) in [5.74, 6) is 4.63. The number of thiophene rings is 1. The van der Waals surface area contributed by atoms with E-state index in [1.807, 2.05) is 11.4 Å². The van der Waals surface area contributed by atoms with Crippen molar-refractivity contribution in [1.29, 1.82) is 0 Å². The molecule has 0 saturated carbocycles. The highest BCUT2D eigenvalue weighted by molar-refractivity contribution is 7.10. The zero-order valence-corrected chi connectivity index (χ0v) is 12.2. The van der Waals surface area contributed by atoms with Gasteiger partial charge in [0.15, 0.2) is 0 Å². The first-order chi connectivity index (χ1) is 10.1. The molecule has 0 bridgehead atoms. The summed E-state index contributed by atoms with van der Waals surface area (Å²) >= 11 is 1.48. The van der Waals surface area contributed by atoms with E-state index in [9.17, 15) is 9.18 Å². The summed E-state index contributed by atoms with van der Waals surface area (Å²) < 4.78 is 12.8. The third-order valence-corrected chi connectivity index (χ3v) is 3.57. The van der Waals surface area contributed by atoms with Gasteiger partial charge in [-0.1, -0.05) is 11.8 Å². The molecule has 108 valence electrons. The fourth-order valence-electron chi connectivity index (χ4n) is 1.67. The second-order valence-electron chi connectivity index (χ2n) is 4.28. The lowest BCUT2D eigenvalue weighted by molar-refractivity contribution is 0.0780. The predicted octanol–water partition coefficient (Wildman–Crippen LogP) is 1.90. The van der Waals surface area contributed by atoms with Crippen molar-refractivity contribution in [2.75, 3.05) is 13.7 Å². The molecule has 2 aromatic heterocycles. The zero-order chi connectivity index (χ0) is 15.2. The highest BCUT2D eigenvalue weighted by Crippen LogP contribution is 2.16. The number of carbonyl (C=O) groups is 1. The van der Waals surface area contributed by atoms with Crippen molar-refractivity contribution in [2.45, 2.75) is 6.54 Å². The van der Waals surface area contributed by atoms with E-state index >= 15 is 0 Å².